The summed E-state index contributed by atoms with van der Waals surface area (Å²) in [6.45, 7) is 4.82. The average Bonchev–Trinajstić information content (AvgIpc) is 3.16. The van der Waals surface area contributed by atoms with Crippen LogP contribution in [-0.2, 0) is 6.54 Å². The quantitative estimate of drug-likeness (QED) is 0.256. The van der Waals surface area contributed by atoms with Crippen LogP contribution in [0.25, 0.3) is 11.0 Å². The normalized spacial score (nSPS) is 14.9. The van der Waals surface area contributed by atoms with Gasteiger partial charge in [0, 0.05) is 16.6 Å². The van der Waals surface area contributed by atoms with Gasteiger partial charge in [-0.1, -0.05) is 61.3 Å². The third kappa shape index (κ3) is 4.67. The summed E-state index contributed by atoms with van der Waals surface area (Å²) in [5.41, 5.74) is 1.68. The maximum atomic E-state index is 13.8. The van der Waals surface area contributed by atoms with E-state index in [1.54, 1.807) is 48.4 Å². The van der Waals surface area contributed by atoms with Gasteiger partial charge in [0.1, 0.15) is 5.58 Å². The number of fused-ring (bicyclic) bond motifs is 2. The Balaban J connectivity index is 1.69. The van der Waals surface area contributed by atoms with E-state index in [0.717, 1.165) is 5.56 Å². The fourth-order valence-electron chi connectivity index (χ4n) is 4.54. The van der Waals surface area contributed by atoms with E-state index >= 15 is 0 Å². The highest BCUT2D eigenvalue weighted by Crippen LogP contribution is 2.42. The maximum absolute atomic E-state index is 13.8. The molecule has 4 aromatic rings. The lowest BCUT2D eigenvalue weighted by Crippen LogP contribution is -2.29. The average molecular weight is 538 g/mol. The Morgan fingerprint density at radius 3 is 2.51 bits per heavy atom. The van der Waals surface area contributed by atoms with Gasteiger partial charge in [-0.15, -0.1) is 0 Å². The molecule has 0 N–H and O–H groups in total. The van der Waals surface area contributed by atoms with Gasteiger partial charge >= 0.3 is 0 Å². The van der Waals surface area contributed by atoms with Crippen molar-refractivity contribution in [2.24, 2.45) is 5.92 Å². The van der Waals surface area contributed by atoms with E-state index in [9.17, 15) is 9.59 Å². The van der Waals surface area contributed by atoms with E-state index in [-0.39, 0.29) is 23.3 Å². The van der Waals surface area contributed by atoms with E-state index in [2.05, 4.69) is 13.8 Å². The van der Waals surface area contributed by atoms with Crippen LogP contribution in [0.4, 0.5) is 0 Å². The molecule has 0 saturated carbocycles. The van der Waals surface area contributed by atoms with Gasteiger partial charge in [0.05, 0.1) is 30.7 Å². The van der Waals surface area contributed by atoms with E-state index in [0.29, 0.717) is 50.6 Å². The van der Waals surface area contributed by atoms with Gasteiger partial charge in [-0.05, 0) is 53.4 Å². The number of methoxy groups -OCH3 is 1. The number of ether oxygens (including phenoxy) is 2. The lowest BCUT2D eigenvalue weighted by atomic mass is 9.97. The lowest BCUT2D eigenvalue weighted by molar-refractivity contribution is 0.0714. The number of amides is 1. The van der Waals surface area contributed by atoms with Crippen molar-refractivity contribution in [1.29, 1.82) is 0 Å². The number of carbonyl (C=O) groups excluding carboxylic acids is 1. The minimum absolute atomic E-state index is 0.0102. The summed E-state index contributed by atoms with van der Waals surface area (Å²) < 4.78 is 17.5. The molecule has 37 heavy (non-hydrogen) atoms. The van der Waals surface area contributed by atoms with Gasteiger partial charge < -0.3 is 18.8 Å². The zero-order chi connectivity index (χ0) is 26.3. The van der Waals surface area contributed by atoms with Crippen molar-refractivity contribution >= 4 is 40.1 Å². The molecule has 1 aromatic heterocycles. The van der Waals surface area contributed by atoms with Gasteiger partial charge in [-0.3, -0.25) is 9.59 Å². The van der Waals surface area contributed by atoms with Gasteiger partial charge in [0.2, 0.25) is 5.76 Å². The highest BCUT2D eigenvalue weighted by Gasteiger charge is 2.43. The Hall–Kier alpha value is -3.48. The first-order valence-corrected chi connectivity index (χ1v) is 12.7. The number of halogens is 2. The summed E-state index contributed by atoms with van der Waals surface area (Å²) in [5, 5.41) is 1.24. The summed E-state index contributed by atoms with van der Waals surface area (Å²) in [6.07, 6.45) is 0. The van der Waals surface area contributed by atoms with Crippen LogP contribution in [0.2, 0.25) is 10.0 Å². The van der Waals surface area contributed by atoms with Gasteiger partial charge in [-0.2, -0.15) is 0 Å². The number of hydrogen-bond acceptors (Lipinski definition) is 5. The molecule has 1 unspecified atom stereocenters. The molecule has 1 aliphatic rings. The Morgan fingerprint density at radius 2 is 1.78 bits per heavy atom. The monoisotopic (exact) mass is 537 g/mol. The summed E-state index contributed by atoms with van der Waals surface area (Å²) >= 11 is 12.6. The van der Waals surface area contributed by atoms with Crippen molar-refractivity contribution in [2.45, 2.75) is 26.4 Å². The minimum atomic E-state index is -0.730. The van der Waals surface area contributed by atoms with Crippen molar-refractivity contribution in [3.8, 4) is 11.5 Å². The van der Waals surface area contributed by atoms with Crippen LogP contribution in [0.1, 0.15) is 47.1 Å². The highest BCUT2D eigenvalue weighted by molar-refractivity contribution is 6.31. The minimum Gasteiger partial charge on any atom is -0.493 e. The molecular weight excluding hydrogens is 513 g/mol. The summed E-state index contributed by atoms with van der Waals surface area (Å²) in [7, 11) is 1.56. The van der Waals surface area contributed by atoms with Crippen LogP contribution >= 0.6 is 23.2 Å². The van der Waals surface area contributed by atoms with Crippen LogP contribution in [0.15, 0.2) is 69.9 Å². The zero-order valence-corrected chi connectivity index (χ0v) is 22.1. The summed E-state index contributed by atoms with van der Waals surface area (Å²) in [4.78, 5) is 29.1. The fourth-order valence-corrected chi connectivity index (χ4v) is 4.91. The smallest absolute Gasteiger partial charge is 0.291 e. The number of benzene rings is 3. The first kappa shape index (κ1) is 25.2. The molecular formula is C29H25Cl2NO5. The van der Waals surface area contributed by atoms with Crippen LogP contribution in [-0.4, -0.2) is 24.5 Å². The van der Waals surface area contributed by atoms with Crippen LogP contribution in [0, 0.1) is 5.92 Å². The molecule has 0 aliphatic carbocycles. The first-order valence-electron chi connectivity index (χ1n) is 11.9. The van der Waals surface area contributed by atoms with Crippen molar-refractivity contribution in [1.82, 2.24) is 4.90 Å². The zero-order valence-electron chi connectivity index (χ0n) is 20.6. The molecule has 5 rings (SSSR count). The molecule has 190 valence electrons. The second-order valence-corrected chi connectivity index (χ2v) is 10.2. The van der Waals surface area contributed by atoms with E-state index in [1.165, 1.54) is 0 Å². The predicted molar refractivity (Wildman–Crippen MR) is 144 cm³/mol. The third-order valence-corrected chi connectivity index (χ3v) is 6.91. The van der Waals surface area contributed by atoms with Crippen molar-refractivity contribution in [2.75, 3.05) is 13.7 Å². The number of hydrogen-bond donors (Lipinski definition) is 0. The number of carbonyl (C=O) groups is 1. The predicted octanol–water partition coefficient (Wildman–Crippen LogP) is 6.89. The SMILES string of the molecule is COc1cc(C2c3c(oc4ccc(Cl)cc4c3=O)C(=O)N2Cc2ccccc2Cl)ccc1OCC(C)C. The van der Waals surface area contributed by atoms with Crippen molar-refractivity contribution in [3.05, 3.63) is 103 Å². The van der Waals surface area contributed by atoms with E-state index in [4.69, 9.17) is 37.1 Å². The molecule has 1 atom stereocenters. The van der Waals surface area contributed by atoms with Crippen LogP contribution in [0.5, 0.6) is 11.5 Å². The molecule has 1 aliphatic heterocycles. The Labute approximate surface area is 224 Å². The molecule has 0 fully saturated rings. The third-order valence-electron chi connectivity index (χ3n) is 6.30. The molecule has 3 aromatic carbocycles. The van der Waals surface area contributed by atoms with E-state index in [1.807, 2.05) is 24.3 Å². The fraction of sp³-hybridized carbons (Fsp3) is 0.241. The van der Waals surface area contributed by atoms with Crippen molar-refractivity contribution in [3.63, 3.8) is 0 Å². The first-order chi connectivity index (χ1) is 17.8. The lowest BCUT2D eigenvalue weighted by Gasteiger charge is -2.26. The topological polar surface area (TPSA) is 69.0 Å². The van der Waals surface area contributed by atoms with Gasteiger partial charge in [-0.25, -0.2) is 0 Å². The maximum Gasteiger partial charge on any atom is 0.291 e. The summed E-state index contributed by atoms with van der Waals surface area (Å²) in [6, 6.07) is 16.8. The molecule has 2 heterocycles. The number of rotatable bonds is 7. The standard InChI is InChI=1S/C29H25Cl2NO5/c1-16(2)15-36-23-10-8-17(12-24(23)35-3)26-25-27(33)20-13-19(30)9-11-22(20)37-28(25)29(34)32(26)14-18-6-4-5-7-21(18)31/h4-13,16,26H,14-15H2,1-3H3. The Bertz CT molecular complexity index is 1560. The van der Waals surface area contributed by atoms with Crippen LogP contribution in [0.3, 0.4) is 0 Å². The second kappa shape index (κ2) is 10.1. The Morgan fingerprint density at radius 1 is 1.00 bits per heavy atom. The van der Waals surface area contributed by atoms with Gasteiger partial charge in [0.15, 0.2) is 16.9 Å². The second-order valence-electron chi connectivity index (χ2n) is 9.36. The molecule has 0 radical (unpaired) electrons. The summed E-state index contributed by atoms with van der Waals surface area (Å²) in [5.74, 6) is 1.04. The van der Waals surface area contributed by atoms with Crippen molar-refractivity contribution < 1.29 is 18.7 Å². The molecule has 6 nitrogen and oxygen atoms in total. The molecule has 0 bridgehead atoms. The van der Waals surface area contributed by atoms with E-state index < -0.39 is 11.9 Å². The Kier molecular flexibility index (Phi) is 6.88. The molecule has 0 spiro atoms. The molecule has 1 amide bonds. The molecule has 8 heteroatoms. The number of nitrogens with zero attached hydrogens (tertiary/aromatic N) is 1. The van der Waals surface area contributed by atoms with Crippen LogP contribution < -0.4 is 14.9 Å². The van der Waals surface area contributed by atoms with Gasteiger partial charge in [0.25, 0.3) is 5.91 Å². The largest absolute Gasteiger partial charge is 0.493 e. The molecule has 0 saturated heterocycles. The highest BCUT2D eigenvalue weighted by atomic mass is 35.5.